The number of amides is 1. The predicted molar refractivity (Wildman–Crippen MR) is 84.0 cm³/mol. The van der Waals surface area contributed by atoms with Crippen molar-refractivity contribution in [3.05, 3.63) is 23.8 Å². The lowest BCUT2D eigenvalue weighted by Crippen LogP contribution is -2.28. The van der Waals surface area contributed by atoms with Gasteiger partial charge < -0.3 is 20.1 Å². The second kappa shape index (κ2) is 10.0. The van der Waals surface area contributed by atoms with Gasteiger partial charge >= 0.3 is 0 Å². The fraction of sp³-hybridized carbons (Fsp3) is 0.562. The van der Waals surface area contributed by atoms with Gasteiger partial charge in [0.1, 0.15) is 0 Å². The Balaban J connectivity index is 2.51. The van der Waals surface area contributed by atoms with Gasteiger partial charge in [-0.3, -0.25) is 4.79 Å². The Bertz CT molecular complexity index is 436. The van der Waals surface area contributed by atoms with E-state index in [0.717, 1.165) is 23.5 Å². The largest absolute Gasteiger partial charge is 0.490 e. The van der Waals surface area contributed by atoms with Gasteiger partial charge in [-0.25, -0.2) is 0 Å². The Morgan fingerprint density at radius 1 is 1.10 bits per heavy atom. The van der Waals surface area contributed by atoms with Crippen LogP contribution in [0.25, 0.3) is 0 Å². The number of hydrogen-bond acceptors (Lipinski definition) is 4. The highest BCUT2D eigenvalue weighted by Gasteiger charge is 2.06. The van der Waals surface area contributed by atoms with Crippen LogP contribution in [0.1, 0.15) is 25.8 Å². The molecule has 21 heavy (non-hydrogen) atoms. The summed E-state index contributed by atoms with van der Waals surface area (Å²) >= 11 is 0. The molecule has 118 valence electrons. The summed E-state index contributed by atoms with van der Waals surface area (Å²) in [6.45, 7) is 6.44. The lowest BCUT2D eigenvalue weighted by Gasteiger charge is -2.12. The molecule has 0 aliphatic rings. The van der Waals surface area contributed by atoms with Crippen LogP contribution in [-0.2, 0) is 11.2 Å². The third-order valence-electron chi connectivity index (χ3n) is 2.95. The van der Waals surface area contributed by atoms with Gasteiger partial charge in [0.2, 0.25) is 5.91 Å². The molecule has 1 amide bonds. The summed E-state index contributed by atoms with van der Waals surface area (Å²) in [7, 11) is 1.84. The van der Waals surface area contributed by atoms with Crippen molar-refractivity contribution in [1.82, 2.24) is 10.6 Å². The molecule has 0 aliphatic heterocycles. The molecular formula is C16H26N2O3. The molecule has 1 aromatic carbocycles. The molecule has 0 atom stereocenters. The minimum absolute atomic E-state index is 0.0697. The van der Waals surface area contributed by atoms with Crippen LogP contribution in [0.5, 0.6) is 11.5 Å². The first-order chi connectivity index (χ1) is 10.2. The van der Waals surface area contributed by atoms with Gasteiger partial charge in [-0.05, 0) is 45.0 Å². The maximum Gasteiger partial charge on any atom is 0.221 e. The highest BCUT2D eigenvalue weighted by atomic mass is 16.5. The maximum atomic E-state index is 11.5. The van der Waals surface area contributed by atoms with Crippen LogP contribution in [0.2, 0.25) is 0 Å². The van der Waals surface area contributed by atoms with Gasteiger partial charge in [-0.1, -0.05) is 6.07 Å². The fourth-order valence-corrected chi connectivity index (χ4v) is 1.92. The number of benzene rings is 1. The molecule has 0 heterocycles. The minimum atomic E-state index is 0.0697. The van der Waals surface area contributed by atoms with Crippen LogP contribution >= 0.6 is 0 Å². The molecule has 1 rings (SSSR count). The van der Waals surface area contributed by atoms with E-state index < -0.39 is 0 Å². The van der Waals surface area contributed by atoms with Crippen LogP contribution in [-0.4, -0.2) is 39.3 Å². The van der Waals surface area contributed by atoms with Crippen molar-refractivity contribution < 1.29 is 14.3 Å². The Morgan fingerprint density at radius 2 is 1.81 bits per heavy atom. The molecule has 0 unspecified atom stereocenters. The van der Waals surface area contributed by atoms with Crippen molar-refractivity contribution in [3.63, 3.8) is 0 Å². The molecule has 5 nitrogen and oxygen atoms in total. The number of carbonyl (C=O) groups excluding carboxylic acids is 1. The molecule has 0 radical (unpaired) electrons. The van der Waals surface area contributed by atoms with Gasteiger partial charge in [0.15, 0.2) is 11.5 Å². The first-order valence-corrected chi connectivity index (χ1v) is 7.51. The molecule has 0 aliphatic carbocycles. The number of carbonyl (C=O) groups is 1. The molecule has 0 saturated carbocycles. The summed E-state index contributed by atoms with van der Waals surface area (Å²) in [4.78, 5) is 11.5. The maximum absolute atomic E-state index is 11.5. The summed E-state index contributed by atoms with van der Waals surface area (Å²) in [5, 5.41) is 5.86. The van der Waals surface area contributed by atoms with Gasteiger partial charge in [0.25, 0.3) is 0 Å². The van der Waals surface area contributed by atoms with Crippen molar-refractivity contribution in [1.29, 1.82) is 0 Å². The Labute approximate surface area is 127 Å². The standard InChI is InChI=1S/C16H26N2O3/c1-4-20-14-7-6-13(12-15(14)21-5-2)8-11-18-16(19)9-10-17-3/h6-7,12,17H,4-5,8-11H2,1-3H3,(H,18,19). The van der Waals surface area contributed by atoms with Crippen molar-refractivity contribution in [2.45, 2.75) is 26.7 Å². The Hall–Kier alpha value is -1.75. The molecule has 0 bridgehead atoms. The first-order valence-electron chi connectivity index (χ1n) is 7.51. The average Bonchev–Trinajstić information content (AvgIpc) is 2.48. The van der Waals surface area contributed by atoms with Crippen molar-refractivity contribution in [2.75, 3.05) is 33.4 Å². The summed E-state index contributed by atoms with van der Waals surface area (Å²) in [5.41, 5.74) is 1.12. The van der Waals surface area contributed by atoms with Crippen LogP contribution in [0.3, 0.4) is 0 Å². The third kappa shape index (κ3) is 6.49. The second-order valence-electron chi connectivity index (χ2n) is 4.60. The van der Waals surface area contributed by atoms with Gasteiger partial charge in [-0.2, -0.15) is 0 Å². The summed E-state index contributed by atoms with van der Waals surface area (Å²) in [6, 6.07) is 5.91. The molecule has 0 saturated heterocycles. The third-order valence-corrected chi connectivity index (χ3v) is 2.95. The normalized spacial score (nSPS) is 10.2. The smallest absolute Gasteiger partial charge is 0.221 e. The Morgan fingerprint density at radius 3 is 2.48 bits per heavy atom. The van der Waals surface area contributed by atoms with E-state index in [2.05, 4.69) is 10.6 Å². The topological polar surface area (TPSA) is 59.6 Å². The average molecular weight is 294 g/mol. The number of ether oxygens (including phenoxy) is 2. The van der Waals surface area contributed by atoms with E-state index in [1.165, 1.54) is 0 Å². The zero-order chi connectivity index (χ0) is 15.5. The highest BCUT2D eigenvalue weighted by Crippen LogP contribution is 2.28. The first kappa shape index (κ1) is 17.3. The predicted octanol–water partition coefficient (Wildman–Crippen LogP) is 1.75. The van der Waals surface area contributed by atoms with E-state index in [-0.39, 0.29) is 5.91 Å². The zero-order valence-corrected chi connectivity index (χ0v) is 13.2. The molecule has 5 heteroatoms. The Kier molecular flexibility index (Phi) is 8.28. The van der Waals surface area contributed by atoms with Crippen LogP contribution in [0, 0.1) is 0 Å². The summed E-state index contributed by atoms with van der Waals surface area (Å²) in [5.74, 6) is 1.60. The van der Waals surface area contributed by atoms with E-state index in [9.17, 15) is 4.79 Å². The van der Waals surface area contributed by atoms with Crippen molar-refractivity contribution in [2.24, 2.45) is 0 Å². The van der Waals surface area contributed by atoms with Crippen molar-refractivity contribution >= 4 is 5.91 Å². The van der Waals surface area contributed by atoms with Crippen LogP contribution in [0.4, 0.5) is 0 Å². The van der Waals surface area contributed by atoms with E-state index in [4.69, 9.17) is 9.47 Å². The summed E-state index contributed by atoms with van der Waals surface area (Å²) < 4.78 is 11.1. The lowest BCUT2D eigenvalue weighted by atomic mass is 10.1. The van der Waals surface area contributed by atoms with E-state index in [1.807, 2.05) is 39.1 Å². The molecule has 0 aromatic heterocycles. The SMILES string of the molecule is CCOc1ccc(CCNC(=O)CCNC)cc1OCC. The second-order valence-corrected chi connectivity index (χ2v) is 4.60. The van der Waals surface area contributed by atoms with Gasteiger partial charge in [0.05, 0.1) is 13.2 Å². The molecule has 0 spiro atoms. The molecule has 0 fully saturated rings. The zero-order valence-electron chi connectivity index (χ0n) is 13.2. The summed E-state index contributed by atoms with van der Waals surface area (Å²) in [6.07, 6.45) is 1.28. The lowest BCUT2D eigenvalue weighted by molar-refractivity contribution is -0.120. The minimum Gasteiger partial charge on any atom is -0.490 e. The molecular weight excluding hydrogens is 268 g/mol. The monoisotopic (exact) mass is 294 g/mol. The van der Waals surface area contributed by atoms with E-state index >= 15 is 0 Å². The fourth-order valence-electron chi connectivity index (χ4n) is 1.92. The number of rotatable bonds is 10. The van der Waals surface area contributed by atoms with E-state index in [1.54, 1.807) is 0 Å². The highest BCUT2D eigenvalue weighted by molar-refractivity contribution is 5.76. The van der Waals surface area contributed by atoms with Crippen LogP contribution < -0.4 is 20.1 Å². The molecule has 2 N–H and O–H groups in total. The van der Waals surface area contributed by atoms with Gasteiger partial charge in [-0.15, -0.1) is 0 Å². The van der Waals surface area contributed by atoms with Gasteiger partial charge in [0, 0.05) is 19.5 Å². The van der Waals surface area contributed by atoms with Crippen molar-refractivity contribution in [3.8, 4) is 11.5 Å². The van der Waals surface area contributed by atoms with E-state index in [0.29, 0.717) is 32.7 Å². The number of nitrogens with one attached hydrogen (secondary N) is 2. The van der Waals surface area contributed by atoms with Crippen LogP contribution in [0.15, 0.2) is 18.2 Å². The molecule has 1 aromatic rings. The quantitative estimate of drug-likeness (QED) is 0.690. The number of hydrogen-bond donors (Lipinski definition) is 2.